The van der Waals surface area contributed by atoms with Gasteiger partial charge in [0.15, 0.2) is 0 Å². The summed E-state index contributed by atoms with van der Waals surface area (Å²) >= 11 is 0. The van der Waals surface area contributed by atoms with Gasteiger partial charge >= 0.3 is 6.36 Å². The molecule has 1 N–H and O–H groups in total. The molecule has 0 spiro atoms. The van der Waals surface area contributed by atoms with Crippen molar-refractivity contribution in [2.24, 2.45) is 0 Å². The van der Waals surface area contributed by atoms with Gasteiger partial charge in [0, 0.05) is 11.1 Å². The number of benzene rings is 2. The molecule has 20 heavy (non-hydrogen) atoms. The van der Waals surface area contributed by atoms with Crippen molar-refractivity contribution in [1.29, 1.82) is 0 Å². The highest BCUT2D eigenvalue weighted by Crippen LogP contribution is 2.32. The number of halogens is 3. The van der Waals surface area contributed by atoms with Gasteiger partial charge in [0.2, 0.25) is 0 Å². The summed E-state index contributed by atoms with van der Waals surface area (Å²) in [7, 11) is 0. The Bertz CT molecular complexity index is 619. The molecule has 0 unspecified atom stereocenters. The van der Waals surface area contributed by atoms with Crippen molar-refractivity contribution < 1.29 is 27.8 Å². The predicted molar refractivity (Wildman–Crippen MR) is 65.6 cm³/mol. The van der Waals surface area contributed by atoms with E-state index in [1.807, 2.05) is 0 Å². The van der Waals surface area contributed by atoms with Crippen LogP contribution in [0.4, 0.5) is 13.2 Å². The molecule has 0 radical (unpaired) electrons. The lowest BCUT2D eigenvalue weighted by Gasteiger charge is -2.10. The van der Waals surface area contributed by atoms with Crippen LogP contribution in [-0.4, -0.2) is 17.8 Å². The lowest BCUT2D eigenvalue weighted by atomic mass is 10.0. The number of carbonyl (C=O) groups is 1. The van der Waals surface area contributed by atoms with Gasteiger partial charge in [-0.25, -0.2) is 0 Å². The minimum absolute atomic E-state index is 0.0694. The molecule has 0 aliphatic rings. The van der Waals surface area contributed by atoms with Crippen molar-refractivity contribution in [2.75, 3.05) is 0 Å². The lowest BCUT2D eigenvalue weighted by Crippen LogP contribution is -2.16. The zero-order valence-corrected chi connectivity index (χ0v) is 10.0. The van der Waals surface area contributed by atoms with Crippen molar-refractivity contribution in [2.45, 2.75) is 6.36 Å². The SMILES string of the molecule is O=Cc1ccc(O)c(-c2ccc(OC(F)(F)F)cc2)c1. The zero-order valence-electron chi connectivity index (χ0n) is 10.0. The van der Waals surface area contributed by atoms with Crippen LogP contribution in [0.5, 0.6) is 11.5 Å². The van der Waals surface area contributed by atoms with E-state index in [-0.39, 0.29) is 11.5 Å². The molecule has 0 saturated carbocycles. The van der Waals surface area contributed by atoms with Gasteiger partial charge in [-0.1, -0.05) is 12.1 Å². The van der Waals surface area contributed by atoms with Crippen LogP contribution in [0.2, 0.25) is 0 Å². The number of ether oxygens (including phenoxy) is 1. The Balaban J connectivity index is 2.32. The standard InChI is InChI=1S/C14H9F3O3/c15-14(16,17)20-11-4-2-10(3-5-11)12-7-9(8-18)1-6-13(12)19/h1-8,19H. The summed E-state index contributed by atoms with van der Waals surface area (Å²) in [4.78, 5) is 10.7. The van der Waals surface area contributed by atoms with E-state index in [0.29, 0.717) is 23.0 Å². The van der Waals surface area contributed by atoms with E-state index < -0.39 is 6.36 Å². The van der Waals surface area contributed by atoms with Crippen molar-refractivity contribution in [3.05, 3.63) is 48.0 Å². The first-order valence-electron chi connectivity index (χ1n) is 5.53. The van der Waals surface area contributed by atoms with E-state index in [4.69, 9.17) is 0 Å². The second-order valence-electron chi connectivity index (χ2n) is 3.97. The molecule has 3 nitrogen and oxygen atoms in total. The highest BCUT2D eigenvalue weighted by atomic mass is 19.4. The average molecular weight is 282 g/mol. The van der Waals surface area contributed by atoms with Gasteiger partial charge in [-0.3, -0.25) is 4.79 Å². The molecule has 0 aliphatic carbocycles. The van der Waals surface area contributed by atoms with Gasteiger partial charge in [-0.05, 0) is 35.9 Å². The summed E-state index contributed by atoms with van der Waals surface area (Å²) in [5.41, 5.74) is 1.18. The quantitative estimate of drug-likeness (QED) is 0.872. The maximum absolute atomic E-state index is 12.0. The van der Waals surface area contributed by atoms with Crippen LogP contribution < -0.4 is 4.74 Å². The van der Waals surface area contributed by atoms with Crippen LogP contribution in [0, 0.1) is 0 Å². The van der Waals surface area contributed by atoms with Crippen LogP contribution >= 0.6 is 0 Å². The Kier molecular flexibility index (Phi) is 3.65. The Hall–Kier alpha value is -2.50. The molecule has 6 heteroatoms. The maximum Gasteiger partial charge on any atom is 0.573 e. The summed E-state index contributed by atoms with van der Waals surface area (Å²) in [5, 5.41) is 9.71. The number of phenols is 1. The number of rotatable bonds is 3. The van der Waals surface area contributed by atoms with E-state index in [1.165, 1.54) is 30.3 Å². The second-order valence-corrected chi connectivity index (χ2v) is 3.97. The zero-order chi connectivity index (χ0) is 14.8. The normalized spacial score (nSPS) is 11.2. The molecule has 0 saturated heterocycles. The van der Waals surface area contributed by atoms with Crippen LogP contribution in [0.3, 0.4) is 0 Å². The molecule has 0 atom stereocenters. The monoisotopic (exact) mass is 282 g/mol. The van der Waals surface area contributed by atoms with Crippen molar-refractivity contribution in [3.63, 3.8) is 0 Å². The molecule has 104 valence electrons. The number of aldehydes is 1. The maximum atomic E-state index is 12.0. The molecule has 2 aromatic rings. The largest absolute Gasteiger partial charge is 0.573 e. The van der Waals surface area contributed by atoms with Crippen LogP contribution in [-0.2, 0) is 0 Å². The molecule has 0 heterocycles. The topological polar surface area (TPSA) is 46.5 Å². The molecule has 0 aromatic heterocycles. The Morgan fingerprint density at radius 2 is 1.70 bits per heavy atom. The first kappa shape index (κ1) is 13.9. The third-order valence-corrected chi connectivity index (χ3v) is 2.56. The third-order valence-electron chi connectivity index (χ3n) is 2.56. The summed E-state index contributed by atoms with van der Waals surface area (Å²) in [6, 6.07) is 9.23. The van der Waals surface area contributed by atoms with Gasteiger partial charge in [-0.15, -0.1) is 13.2 Å². The fourth-order valence-corrected chi connectivity index (χ4v) is 1.69. The Labute approximate surface area is 112 Å². The highest BCUT2D eigenvalue weighted by molar-refractivity contribution is 5.81. The Morgan fingerprint density at radius 1 is 1.05 bits per heavy atom. The highest BCUT2D eigenvalue weighted by Gasteiger charge is 2.30. The number of aromatic hydroxyl groups is 1. The van der Waals surface area contributed by atoms with E-state index in [1.54, 1.807) is 0 Å². The van der Waals surface area contributed by atoms with E-state index in [0.717, 1.165) is 12.1 Å². The number of phenolic OH excluding ortho intramolecular Hbond substituents is 1. The lowest BCUT2D eigenvalue weighted by molar-refractivity contribution is -0.274. The molecule has 0 amide bonds. The van der Waals surface area contributed by atoms with Crippen molar-refractivity contribution in [1.82, 2.24) is 0 Å². The average Bonchev–Trinajstić information content (AvgIpc) is 2.39. The number of hydrogen-bond donors (Lipinski definition) is 1. The van der Waals surface area contributed by atoms with E-state index in [9.17, 15) is 23.1 Å². The van der Waals surface area contributed by atoms with Gasteiger partial charge in [-0.2, -0.15) is 0 Å². The van der Waals surface area contributed by atoms with Crippen LogP contribution in [0.25, 0.3) is 11.1 Å². The molecule has 0 bridgehead atoms. The molecule has 2 rings (SSSR count). The minimum atomic E-state index is -4.75. The first-order valence-corrected chi connectivity index (χ1v) is 5.53. The van der Waals surface area contributed by atoms with Gasteiger partial charge < -0.3 is 9.84 Å². The summed E-state index contributed by atoms with van der Waals surface area (Å²) < 4.78 is 39.8. The number of hydrogen-bond acceptors (Lipinski definition) is 3. The molecule has 0 aliphatic heterocycles. The van der Waals surface area contributed by atoms with Gasteiger partial charge in [0.05, 0.1) is 0 Å². The van der Waals surface area contributed by atoms with Gasteiger partial charge in [0.1, 0.15) is 17.8 Å². The van der Waals surface area contributed by atoms with E-state index >= 15 is 0 Å². The minimum Gasteiger partial charge on any atom is -0.507 e. The smallest absolute Gasteiger partial charge is 0.507 e. The van der Waals surface area contributed by atoms with Gasteiger partial charge in [0.25, 0.3) is 0 Å². The second kappa shape index (κ2) is 5.24. The van der Waals surface area contributed by atoms with Crippen LogP contribution in [0.1, 0.15) is 10.4 Å². The fraction of sp³-hybridized carbons (Fsp3) is 0.0714. The first-order chi connectivity index (χ1) is 9.39. The molecular weight excluding hydrogens is 273 g/mol. The summed E-state index contributed by atoms with van der Waals surface area (Å²) in [6.07, 6.45) is -4.13. The summed E-state index contributed by atoms with van der Waals surface area (Å²) in [6.45, 7) is 0. The third kappa shape index (κ3) is 3.28. The molecule has 0 fully saturated rings. The predicted octanol–water partition coefficient (Wildman–Crippen LogP) is 3.77. The number of carbonyl (C=O) groups excluding carboxylic acids is 1. The van der Waals surface area contributed by atoms with Crippen molar-refractivity contribution in [3.8, 4) is 22.6 Å². The van der Waals surface area contributed by atoms with E-state index in [2.05, 4.69) is 4.74 Å². The summed E-state index contributed by atoms with van der Waals surface area (Å²) in [5.74, 6) is -0.424. The molecular formula is C14H9F3O3. The molecule has 2 aromatic carbocycles. The number of alkyl halides is 3. The van der Waals surface area contributed by atoms with Crippen LogP contribution in [0.15, 0.2) is 42.5 Å². The fourth-order valence-electron chi connectivity index (χ4n) is 1.69. The van der Waals surface area contributed by atoms with Crippen molar-refractivity contribution >= 4 is 6.29 Å². The Morgan fingerprint density at radius 3 is 2.25 bits per heavy atom.